The minimum atomic E-state index is 0.527. The lowest BCUT2D eigenvalue weighted by Gasteiger charge is -2.07. The average molecular weight is 359 g/mol. The minimum absolute atomic E-state index is 0.527. The molecule has 3 nitrogen and oxygen atoms in total. The lowest BCUT2D eigenvalue weighted by atomic mass is 10.1. The molecule has 2 aromatic carbocycles. The number of benzene rings is 2. The molecule has 3 rings (SSSR count). The Balaban J connectivity index is 1.98. The van der Waals surface area contributed by atoms with Gasteiger partial charge in [0.1, 0.15) is 10.8 Å². The molecule has 0 saturated carbocycles. The Hall–Kier alpha value is -1.88. The van der Waals surface area contributed by atoms with E-state index in [1.54, 1.807) is 11.3 Å². The molecule has 124 valence electrons. The third kappa shape index (κ3) is 3.46. The number of rotatable bonds is 5. The van der Waals surface area contributed by atoms with Crippen LogP contribution in [0.4, 0.5) is 0 Å². The number of nitrogens with zero attached hydrogens (tertiary/aromatic N) is 1. The fraction of sp³-hybridized carbons (Fsp3) is 0.211. The fourth-order valence-corrected chi connectivity index (χ4v) is 3.71. The molecule has 0 aliphatic carbocycles. The van der Waals surface area contributed by atoms with Gasteiger partial charge >= 0.3 is 0 Å². The number of halogens is 1. The predicted octanol–water partition coefficient (Wildman–Crippen LogP) is 5.30. The van der Waals surface area contributed by atoms with Crippen molar-refractivity contribution in [2.24, 2.45) is 5.73 Å². The van der Waals surface area contributed by atoms with Crippen LogP contribution in [0.15, 0.2) is 42.5 Å². The summed E-state index contributed by atoms with van der Waals surface area (Å²) < 4.78 is 5.50. The first-order chi connectivity index (χ1) is 11.6. The number of thiazole rings is 1. The lowest BCUT2D eigenvalue weighted by molar-refractivity contribution is 0.340. The second-order valence-electron chi connectivity index (χ2n) is 5.41. The smallest absolute Gasteiger partial charge is 0.137 e. The average Bonchev–Trinajstić information content (AvgIpc) is 2.99. The van der Waals surface area contributed by atoms with Crippen LogP contribution >= 0.6 is 22.9 Å². The van der Waals surface area contributed by atoms with Crippen LogP contribution in [0.5, 0.6) is 5.75 Å². The van der Waals surface area contributed by atoms with Crippen LogP contribution in [-0.4, -0.2) is 11.6 Å². The number of nitrogens with two attached hydrogens (primary N) is 1. The van der Waals surface area contributed by atoms with E-state index < -0.39 is 0 Å². The molecule has 0 aliphatic rings. The van der Waals surface area contributed by atoms with E-state index in [0.717, 1.165) is 32.3 Å². The van der Waals surface area contributed by atoms with E-state index in [-0.39, 0.29) is 0 Å². The summed E-state index contributed by atoms with van der Waals surface area (Å²) in [4.78, 5) is 5.98. The van der Waals surface area contributed by atoms with Gasteiger partial charge in [-0.15, -0.1) is 11.3 Å². The molecule has 1 aromatic heterocycles. The summed E-state index contributed by atoms with van der Waals surface area (Å²) in [6.45, 7) is 5.14. The molecule has 1 heterocycles. The van der Waals surface area contributed by atoms with Crippen LogP contribution in [0, 0.1) is 6.92 Å². The molecule has 5 heteroatoms. The molecule has 0 amide bonds. The largest absolute Gasteiger partial charge is 0.492 e. The van der Waals surface area contributed by atoms with E-state index in [4.69, 9.17) is 27.1 Å². The molecule has 24 heavy (non-hydrogen) atoms. The minimum Gasteiger partial charge on any atom is -0.492 e. The summed E-state index contributed by atoms with van der Waals surface area (Å²) in [7, 11) is 0. The quantitative estimate of drug-likeness (QED) is 0.673. The molecule has 2 N–H and O–H groups in total. The molecule has 0 fully saturated rings. The van der Waals surface area contributed by atoms with Gasteiger partial charge in [0, 0.05) is 22.5 Å². The molecular formula is C19H19ClN2OS. The van der Waals surface area contributed by atoms with Gasteiger partial charge in [0.2, 0.25) is 0 Å². The van der Waals surface area contributed by atoms with Gasteiger partial charge in [0.05, 0.1) is 17.3 Å². The summed E-state index contributed by atoms with van der Waals surface area (Å²) in [5, 5.41) is 1.59. The van der Waals surface area contributed by atoms with Gasteiger partial charge in [-0.05, 0) is 43.7 Å². The summed E-state index contributed by atoms with van der Waals surface area (Å²) in [6.07, 6.45) is 0. The van der Waals surface area contributed by atoms with Crippen molar-refractivity contribution in [1.82, 2.24) is 4.98 Å². The van der Waals surface area contributed by atoms with Crippen molar-refractivity contribution >= 4 is 22.9 Å². The van der Waals surface area contributed by atoms with Crippen LogP contribution in [-0.2, 0) is 6.54 Å². The Labute approximate surface area is 151 Å². The molecule has 0 aliphatic heterocycles. The molecule has 0 atom stereocenters. The van der Waals surface area contributed by atoms with Crippen LogP contribution in [0.1, 0.15) is 17.4 Å². The van der Waals surface area contributed by atoms with Crippen molar-refractivity contribution in [3.05, 3.63) is 57.9 Å². The van der Waals surface area contributed by atoms with Crippen LogP contribution in [0.25, 0.3) is 21.8 Å². The zero-order valence-electron chi connectivity index (χ0n) is 13.7. The van der Waals surface area contributed by atoms with Gasteiger partial charge in [0.25, 0.3) is 0 Å². The highest BCUT2D eigenvalue weighted by Crippen LogP contribution is 2.36. The maximum Gasteiger partial charge on any atom is 0.137 e. The van der Waals surface area contributed by atoms with E-state index in [9.17, 15) is 0 Å². The first kappa shape index (κ1) is 17.0. The van der Waals surface area contributed by atoms with Gasteiger partial charge in [-0.3, -0.25) is 0 Å². The molecule has 0 bridgehead atoms. The van der Waals surface area contributed by atoms with Crippen molar-refractivity contribution in [1.29, 1.82) is 0 Å². The van der Waals surface area contributed by atoms with Crippen molar-refractivity contribution < 1.29 is 4.74 Å². The highest BCUT2D eigenvalue weighted by atomic mass is 35.5. The molecule has 0 radical (unpaired) electrons. The zero-order chi connectivity index (χ0) is 17.1. The standard InChI is InChI=1S/C19H19ClN2OS/c1-3-23-17-8-7-14(10-16(17)20)18-12(2)24-19(22-18)15-6-4-5-13(9-15)11-21/h4-10H,3,11,21H2,1-2H3. The first-order valence-electron chi connectivity index (χ1n) is 7.82. The van der Waals surface area contributed by atoms with E-state index in [1.165, 1.54) is 0 Å². The lowest BCUT2D eigenvalue weighted by Crippen LogP contribution is -1.95. The van der Waals surface area contributed by atoms with Gasteiger partial charge in [-0.1, -0.05) is 29.8 Å². The highest BCUT2D eigenvalue weighted by Gasteiger charge is 2.13. The number of ether oxygens (including phenoxy) is 1. The van der Waals surface area contributed by atoms with Gasteiger partial charge in [-0.2, -0.15) is 0 Å². The number of aromatic nitrogens is 1. The Bertz CT molecular complexity index is 860. The van der Waals surface area contributed by atoms with Gasteiger partial charge in [-0.25, -0.2) is 4.98 Å². The third-order valence-electron chi connectivity index (χ3n) is 3.71. The van der Waals surface area contributed by atoms with E-state index in [2.05, 4.69) is 19.1 Å². The summed E-state index contributed by atoms with van der Waals surface area (Å²) in [5.74, 6) is 0.701. The molecular weight excluding hydrogens is 340 g/mol. The van der Waals surface area contributed by atoms with Crippen molar-refractivity contribution in [2.45, 2.75) is 20.4 Å². The summed E-state index contributed by atoms with van der Waals surface area (Å²) in [6, 6.07) is 14.0. The predicted molar refractivity (Wildman–Crippen MR) is 102 cm³/mol. The van der Waals surface area contributed by atoms with Crippen LogP contribution in [0.3, 0.4) is 0 Å². The summed E-state index contributed by atoms with van der Waals surface area (Å²) in [5.41, 5.74) is 9.88. The fourth-order valence-electron chi connectivity index (χ4n) is 2.54. The Morgan fingerprint density at radius 1 is 1.17 bits per heavy atom. The molecule has 3 aromatic rings. The maximum atomic E-state index is 6.31. The third-order valence-corrected chi connectivity index (χ3v) is 5.03. The molecule has 0 saturated heterocycles. The maximum absolute atomic E-state index is 6.31. The Kier molecular flexibility index (Phi) is 5.19. The van der Waals surface area contributed by atoms with Crippen molar-refractivity contribution in [3.8, 4) is 27.6 Å². The molecule has 0 spiro atoms. The number of hydrogen-bond donors (Lipinski definition) is 1. The van der Waals surface area contributed by atoms with Gasteiger partial charge in [0.15, 0.2) is 0 Å². The zero-order valence-corrected chi connectivity index (χ0v) is 15.2. The van der Waals surface area contributed by atoms with Gasteiger partial charge < -0.3 is 10.5 Å². The second kappa shape index (κ2) is 7.34. The summed E-state index contributed by atoms with van der Waals surface area (Å²) >= 11 is 7.99. The molecule has 0 unspecified atom stereocenters. The Morgan fingerprint density at radius 2 is 2.00 bits per heavy atom. The van der Waals surface area contributed by atoms with Crippen LogP contribution < -0.4 is 10.5 Å². The van der Waals surface area contributed by atoms with Crippen LogP contribution in [0.2, 0.25) is 5.02 Å². The monoisotopic (exact) mass is 358 g/mol. The number of hydrogen-bond acceptors (Lipinski definition) is 4. The van der Waals surface area contributed by atoms with E-state index in [0.29, 0.717) is 23.9 Å². The topological polar surface area (TPSA) is 48.1 Å². The van der Waals surface area contributed by atoms with E-state index >= 15 is 0 Å². The first-order valence-corrected chi connectivity index (χ1v) is 9.01. The van der Waals surface area contributed by atoms with Crippen molar-refractivity contribution in [2.75, 3.05) is 6.61 Å². The SMILES string of the molecule is CCOc1ccc(-c2nc(-c3cccc(CN)c3)sc2C)cc1Cl. The second-order valence-corrected chi connectivity index (χ2v) is 7.02. The normalized spacial score (nSPS) is 10.8. The number of aryl methyl sites for hydroxylation is 1. The highest BCUT2D eigenvalue weighted by molar-refractivity contribution is 7.15. The Morgan fingerprint density at radius 3 is 2.71 bits per heavy atom. The van der Waals surface area contributed by atoms with E-state index in [1.807, 2.05) is 37.3 Å². The van der Waals surface area contributed by atoms with Crippen molar-refractivity contribution in [3.63, 3.8) is 0 Å².